The van der Waals surface area contributed by atoms with Gasteiger partial charge in [0.05, 0.1) is 24.1 Å². The second kappa shape index (κ2) is 9.01. The number of thioether (sulfide) groups is 1. The summed E-state index contributed by atoms with van der Waals surface area (Å²) in [5.41, 5.74) is 1.17. The Kier molecular flexibility index (Phi) is 6.01. The van der Waals surface area contributed by atoms with E-state index in [4.69, 9.17) is 0 Å². The van der Waals surface area contributed by atoms with E-state index in [-0.39, 0.29) is 5.91 Å². The molecule has 0 atom stereocenters. The maximum atomic E-state index is 12.2. The number of benzene rings is 1. The summed E-state index contributed by atoms with van der Waals surface area (Å²) in [6.07, 6.45) is 6.60. The minimum Gasteiger partial charge on any atom is -0.308 e. The average Bonchev–Trinajstić information content (AvgIpc) is 3.44. The summed E-state index contributed by atoms with van der Waals surface area (Å²) < 4.78 is 3.75. The fraction of sp³-hybridized carbons (Fsp3) is 0.421. The molecular weight excluding hydrogens is 374 g/mol. The van der Waals surface area contributed by atoms with Gasteiger partial charge in [-0.25, -0.2) is 4.68 Å². The smallest absolute Gasteiger partial charge is 0.235 e. The Balaban J connectivity index is 1.24. The van der Waals surface area contributed by atoms with Crippen molar-refractivity contribution >= 4 is 23.5 Å². The zero-order chi connectivity index (χ0) is 19.2. The highest BCUT2D eigenvalue weighted by Gasteiger charge is 2.21. The lowest BCUT2D eigenvalue weighted by molar-refractivity contribution is -0.113. The molecule has 1 aliphatic carbocycles. The molecule has 4 rings (SSSR count). The summed E-state index contributed by atoms with van der Waals surface area (Å²) in [6, 6.07) is 12.3. The molecule has 1 aromatic carbocycles. The number of tetrazole rings is 1. The van der Waals surface area contributed by atoms with E-state index in [2.05, 4.69) is 38.1 Å². The van der Waals surface area contributed by atoms with Crippen molar-refractivity contribution in [2.24, 2.45) is 0 Å². The normalized spacial score (nSPS) is 14.4. The van der Waals surface area contributed by atoms with Crippen LogP contribution < -0.4 is 5.32 Å². The van der Waals surface area contributed by atoms with Crippen LogP contribution in [0, 0.1) is 0 Å². The van der Waals surface area contributed by atoms with E-state index in [0.717, 1.165) is 18.7 Å². The van der Waals surface area contributed by atoms with Crippen LogP contribution in [0.5, 0.6) is 0 Å². The van der Waals surface area contributed by atoms with Crippen LogP contribution >= 0.6 is 11.8 Å². The zero-order valence-electron chi connectivity index (χ0n) is 15.6. The number of amides is 1. The number of hydrogen-bond acceptors (Lipinski definition) is 6. The number of rotatable bonds is 8. The average molecular weight is 398 g/mol. The van der Waals surface area contributed by atoms with Gasteiger partial charge in [0, 0.05) is 12.3 Å². The standard InChI is InChI=1S/C19H23N7OS/c27-19(14-28-13-18-21-23-24-26(18)16-8-4-5-9-16)20-17-10-11-25(22-17)12-15-6-2-1-3-7-15/h1-3,6-7,10-11,16H,4-5,8-9,12-14H2,(H,20,22,27). The first-order valence-electron chi connectivity index (χ1n) is 9.49. The highest BCUT2D eigenvalue weighted by atomic mass is 32.2. The van der Waals surface area contributed by atoms with Crippen LogP contribution in [0.2, 0.25) is 0 Å². The lowest BCUT2D eigenvalue weighted by Crippen LogP contribution is -2.16. The minimum absolute atomic E-state index is 0.0742. The Labute approximate surface area is 167 Å². The van der Waals surface area contributed by atoms with E-state index in [0.29, 0.717) is 29.9 Å². The summed E-state index contributed by atoms with van der Waals surface area (Å²) in [6.45, 7) is 0.676. The maximum absolute atomic E-state index is 12.2. The molecule has 1 amide bonds. The molecule has 0 aliphatic heterocycles. The van der Waals surface area contributed by atoms with Crippen molar-refractivity contribution in [3.8, 4) is 0 Å². The van der Waals surface area contributed by atoms with Crippen molar-refractivity contribution in [1.82, 2.24) is 30.0 Å². The minimum atomic E-state index is -0.0742. The largest absolute Gasteiger partial charge is 0.308 e. The number of nitrogens with zero attached hydrogens (tertiary/aromatic N) is 6. The third-order valence-electron chi connectivity index (χ3n) is 4.79. The van der Waals surface area contributed by atoms with Crippen molar-refractivity contribution in [2.75, 3.05) is 11.1 Å². The molecular formula is C19H23N7OS. The first-order chi connectivity index (χ1) is 13.8. The maximum Gasteiger partial charge on any atom is 0.235 e. The second-order valence-corrected chi connectivity index (χ2v) is 7.89. The van der Waals surface area contributed by atoms with Gasteiger partial charge in [0.1, 0.15) is 0 Å². The number of anilines is 1. The Morgan fingerprint density at radius 3 is 2.82 bits per heavy atom. The lowest BCUT2D eigenvalue weighted by atomic mass is 10.2. The van der Waals surface area contributed by atoms with Crippen molar-refractivity contribution in [2.45, 2.75) is 44.0 Å². The number of carbonyl (C=O) groups excluding carboxylic acids is 1. The Morgan fingerprint density at radius 2 is 2.00 bits per heavy atom. The fourth-order valence-corrected chi connectivity index (χ4v) is 4.17. The van der Waals surface area contributed by atoms with E-state index in [1.807, 2.05) is 39.8 Å². The van der Waals surface area contributed by atoms with Crippen LogP contribution in [0.4, 0.5) is 5.82 Å². The van der Waals surface area contributed by atoms with Crippen molar-refractivity contribution in [3.63, 3.8) is 0 Å². The van der Waals surface area contributed by atoms with Gasteiger partial charge in [-0.15, -0.1) is 16.9 Å². The molecule has 9 heteroatoms. The molecule has 1 saturated carbocycles. The molecule has 146 valence electrons. The van der Waals surface area contributed by atoms with Crippen molar-refractivity contribution in [3.05, 3.63) is 54.0 Å². The van der Waals surface area contributed by atoms with Gasteiger partial charge in [-0.3, -0.25) is 9.48 Å². The van der Waals surface area contributed by atoms with Gasteiger partial charge < -0.3 is 5.32 Å². The molecule has 0 bridgehead atoms. The predicted octanol–water partition coefficient (Wildman–Crippen LogP) is 2.90. The molecule has 28 heavy (non-hydrogen) atoms. The Morgan fingerprint density at radius 1 is 1.18 bits per heavy atom. The number of carbonyl (C=O) groups is 1. The third-order valence-corrected chi connectivity index (χ3v) is 5.72. The van der Waals surface area contributed by atoms with E-state index >= 15 is 0 Å². The quantitative estimate of drug-likeness (QED) is 0.628. The van der Waals surface area contributed by atoms with Gasteiger partial charge in [0.15, 0.2) is 11.6 Å². The van der Waals surface area contributed by atoms with Gasteiger partial charge in [0.25, 0.3) is 0 Å². The van der Waals surface area contributed by atoms with E-state index < -0.39 is 0 Å². The van der Waals surface area contributed by atoms with E-state index in [1.165, 1.54) is 30.2 Å². The molecule has 8 nitrogen and oxygen atoms in total. The van der Waals surface area contributed by atoms with Crippen LogP contribution in [0.15, 0.2) is 42.6 Å². The zero-order valence-corrected chi connectivity index (χ0v) is 16.4. The number of hydrogen-bond donors (Lipinski definition) is 1. The number of nitrogens with one attached hydrogen (secondary N) is 1. The van der Waals surface area contributed by atoms with Gasteiger partial charge in [-0.1, -0.05) is 43.2 Å². The number of aromatic nitrogens is 6. The van der Waals surface area contributed by atoms with Crippen LogP contribution in [0.1, 0.15) is 43.1 Å². The van der Waals surface area contributed by atoms with E-state index in [1.54, 1.807) is 0 Å². The molecule has 2 heterocycles. The Bertz CT molecular complexity index is 902. The lowest BCUT2D eigenvalue weighted by Gasteiger charge is -2.10. The molecule has 0 radical (unpaired) electrons. The summed E-state index contributed by atoms with van der Waals surface area (Å²) in [7, 11) is 0. The molecule has 1 N–H and O–H groups in total. The fourth-order valence-electron chi connectivity index (χ4n) is 3.44. The Hall–Kier alpha value is -2.68. The summed E-state index contributed by atoms with van der Waals surface area (Å²) in [5, 5.41) is 19.3. The highest BCUT2D eigenvalue weighted by molar-refractivity contribution is 7.99. The summed E-state index contributed by atoms with van der Waals surface area (Å²) >= 11 is 1.51. The van der Waals surface area contributed by atoms with Crippen LogP contribution in [0.25, 0.3) is 0 Å². The van der Waals surface area contributed by atoms with Gasteiger partial charge in [-0.05, 0) is 28.8 Å². The summed E-state index contributed by atoms with van der Waals surface area (Å²) in [5.74, 6) is 2.30. The molecule has 0 spiro atoms. The highest BCUT2D eigenvalue weighted by Crippen LogP contribution is 2.29. The molecule has 1 aliphatic rings. The first kappa shape index (κ1) is 18.7. The predicted molar refractivity (Wildman–Crippen MR) is 108 cm³/mol. The topological polar surface area (TPSA) is 90.5 Å². The molecule has 3 aromatic rings. The summed E-state index contributed by atoms with van der Waals surface area (Å²) in [4.78, 5) is 12.2. The van der Waals surface area contributed by atoms with Gasteiger partial charge >= 0.3 is 0 Å². The van der Waals surface area contributed by atoms with Crippen LogP contribution in [0.3, 0.4) is 0 Å². The second-order valence-electron chi connectivity index (χ2n) is 6.90. The van der Waals surface area contributed by atoms with Crippen molar-refractivity contribution in [1.29, 1.82) is 0 Å². The molecule has 1 fully saturated rings. The molecule has 0 unspecified atom stereocenters. The first-order valence-corrected chi connectivity index (χ1v) is 10.6. The van der Waals surface area contributed by atoms with Crippen LogP contribution in [-0.4, -0.2) is 41.6 Å². The van der Waals surface area contributed by atoms with Gasteiger partial charge in [0.2, 0.25) is 5.91 Å². The van der Waals surface area contributed by atoms with E-state index in [9.17, 15) is 4.79 Å². The third kappa shape index (κ3) is 4.78. The molecule has 0 saturated heterocycles. The van der Waals surface area contributed by atoms with Crippen LogP contribution in [-0.2, 0) is 17.1 Å². The monoisotopic (exact) mass is 397 g/mol. The van der Waals surface area contributed by atoms with Gasteiger partial charge in [-0.2, -0.15) is 5.10 Å². The SMILES string of the molecule is O=C(CSCc1nnnn1C1CCCC1)Nc1ccn(Cc2ccccc2)n1. The van der Waals surface area contributed by atoms with Crippen molar-refractivity contribution < 1.29 is 4.79 Å². The molecule has 2 aromatic heterocycles.